The van der Waals surface area contributed by atoms with E-state index in [0.717, 1.165) is 21.2 Å². The summed E-state index contributed by atoms with van der Waals surface area (Å²) in [6, 6.07) is 14.3. The average Bonchev–Trinajstić information content (AvgIpc) is 3.25. The maximum absolute atomic E-state index is 12.7. The standard InChI is InChI=1S/C21H20N2O4S2/c1-27-21(26)16(23-20(25)15-9-3-5-12-18(15)29-23)10-6-7-13-22-19(24)14-8-2-4-11-17(14)28-22/h2-5,8-9,11-12,16H,6-7,10,13H2,1H3. The first kappa shape index (κ1) is 19.6. The molecule has 0 aliphatic rings. The van der Waals surface area contributed by atoms with Gasteiger partial charge in [0, 0.05) is 6.54 Å². The summed E-state index contributed by atoms with van der Waals surface area (Å²) in [5, 5.41) is 1.35. The monoisotopic (exact) mass is 428 g/mol. The largest absolute Gasteiger partial charge is 0.467 e. The first-order valence-electron chi connectivity index (χ1n) is 9.37. The molecule has 0 radical (unpaired) electrons. The predicted octanol–water partition coefficient (Wildman–Crippen LogP) is 4.02. The third-order valence-electron chi connectivity index (χ3n) is 4.91. The van der Waals surface area contributed by atoms with Crippen LogP contribution in [0, 0.1) is 0 Å². The molecule has 2 aromatic heterocycles. The van der Waals surface area contributed by atoms with Crippen LogP contribution in [0.15, 0.2) is 58.1 Å². The minimum absolute atomic E-state index is 0.0239. The summed E-state index contributed by atoms with van der Waals surface area (Å²) in [6.45, 7) is 0.591. The van der Waals surface area contributed by atoms with Crippen LogP contribution in [0.25, 0.3) is 20.2 Å². The number of methoxy groups -OCH3 is 1. The van der Waals surface area contributed by atoms with Gasteiger partial charge in [0.1, 0.15) is 6.04 Å². The van der Waals surface area contributed by atoms with Gasteiger partial charge >= 0.3 is 5.97 Å². The number of hydrogen-bond acceptors (Lipinski definition) is 6. The van der Waals surface area contributed by atoms with Crippen LogP contribution >= 0.6 is 23.1 Å². The molecule has 0 amide bonds. The molecule has 150 valence electrons. The van der Waals surface area contributed by atoms with Crippen molar-refractivity contribution in [1.82, 2.24) is 7.91 Å². The van der Waals surface area contributed by atoms with Gasteiger partial charge in [-0.05, 0) is 43.5 Å². The van der Waals surface area contributed by atoms with Crippen LogP contribution in [-0.2, 0) is 16.1 Å². The lowest BCUT2D eigenvalue weighted by atomic mass is 10.1. The molecule has 2 heterocycles. The van der Waals surface area contributed by atoms with E-state index in [0.29, 0.717) is 24.8 Å². The van der Waals surface area contributed by atoms with Crippen LogP contribution < -0.4 is 11.1 Å². The third-order valence-corrected chi connectivity index (χ3v) is 7.20. The predicted molar refractivity (Wildman–Crippen MR) is 117 cm³/mol. The second-order valence-electron chi connectivity index (χ2n) is 6.75. The van der Waals surface area contributed by atoms with Gasteiger partial charge in [0.2, 0.25) is 0 Å². The molecule has 0 fully saturated rings. The highest BCUT2D eigenvalue weighted by Gasteiger charge is 2.24. The van der Waals surface area contributed by atoms with Gasteiger partial charge in [0.25, 0.3) is 11.1 Å². The molecule has 0 saturated heterocycles. The van der Waals surface area contributed by atoms with Gasteiger partial charge in [0.05, 0.1) is 27.3 Å². The summed E-state index contributed by atoms with van der Waals surface area (Å²) >= 11 is 2.74. The lowest BCUT2D eigenvalue weighted by Crippen LogP contribution is -2.27. The lowest BCUT2D eigenvalue weighted by molar-refractivity contribution is -0.144. The highest BCUT2D eigenvalue weighted by molar-refractivity contribution is 7.14. The number of nitrogens with zero attached hydrogens (tertiary/aromatic N) is 2. The van der Waals surface area contributed by atoms with E-state index in [1.807, 2.05) is 42.5 Å². The molecule has 1 atom stereocenters. The zero-order chi connectivity index (χ0) is 20.4. The molecule has 8 heteroatoms. The SMILES string of the molecule is COC(=O)C(CCCCn1sc2ccccc2c1=O)n1sc2ccccc2c1=O. The van der Waals surface area contributed by atoms with Crippen molar-refractivity contribution in [3.05, 3.63) is 69.2 Å². The van der Waals surface area contributed by atoms with E-state index in [9.17, 15) is 14.4 Å². The van der Waals surface area contributed by atoms with Crippen molar-refractivity contribution >= 4 is 49.2 Å². The summed E-state index contributed by atoms with van der Waals surface area (Å²) < 4.78 is 10.0. The zero-order valence-corrected chi connectivity index (χ0v) is 17.5. The summed E-state index contributed by atoms with van der Waals surface area (Å²) in [7, 11) is 1.34. The Bertz CT molecular complexity index is 1280. The molecule has 0 aliphatic heterocycles. The van der Waals surface area contributed by atoms with Crippen molar-refractivity contribution in [1.29, 1.82) is 0 Å². The van der Waals surface area contributed by atoms with E-state index in [2.05, 4.69) is 0 Å². The molecule has 0 N–H and O–H groups in total. The number of hydrogen-bond donors (Lipinski definition) is 0. The number of aryl methyl sites for hydroxylation is 1. The molecule has 2 aromatic carbocycles. The Morgan fingerprint density at radius 1 is 0.931 bits per heavy atom. The number of unbranched alkanes of at least 4 members (excludes halogenated alkanes) is 1. The Hall–Kier alpha value is -2.71. The van der Waals surface area contributed by atoms with Gasteiger partial charge in [-0.25, -0.2) is 8.75 Å². The maximum Gasteiger partial charge on any atom is 0.329 e. The highest BCUT2D eigenvalue weighted by atomic mass is 32.1. The third kappa shape index (κ3) is 3.77. The van der Waals surface area contributed by atoms with Crippen LogP contribution in [0.4, 0.5) is 0 Å². The van der Waals surface area contributed by atoms with Gasteiger partial charge in [-0.1, -0.05) is 47.3 Å². The molecule has 0 saturated carbocycles. The van der Waals surface area contributed by atoms with E-state index >= 15 is 0 Å². The topological polar surface area (TPSA) is 70.3 Å². The first-order chi connectivity index (χ1) is 14.1. The fraction of sp³-hybridized carbons (Fsp3) is 0.286. The van der Waals surface area contributed by atoms with Gasteiger partial charge < -0.3 is 4.74 Å². The van der Waals surface area contributed by atoms with Crippen LogP contribution in [0.1, 0.15) is 25.3 Å². The molecular formula is C21H20N2O4S2. The smallest absolute Gasteiger partial charge is 0.329 e. The summed E-state index contributed by atoms with van der Waals surface area (Å²) in [4.78, 5) is 37.5. The Kier molecular flexibility index (Phi) is 5.64. The van der Waals surface area contributed by atoms with Crippen molar-refractivity contribution in [3.8, 4) is 0 Å². The van der Waals surface area contributed by atoms with Crippen LogP contribution in [0.3, 0.4) is 0 Å². The normalized spacial score (nSPS) is 12.4. The first-order valence-corrected chi connectivity index (χ1v) is 10.9. The molecule has 1 unspecified atom stereocenters. The van der Waals surface area contributed by atoms with Crippen molar-refractivity contribution in [3.63, 3.8) is 0 Å². The van der Waals surface area contributed by atoms with Crippen LogP contribution in [-0.4, -0.2) is 21.0 Å². The van der Waals surface area contributed by atoms with Gasteiger partial charge in [-0.15, -0.1) is 0 Å². The lowest BCUT2D eigenvalue weighted by Gasteiger charge is -2.14. The van der Waals surface area contributed by atoms with Crippen LogP contribution in [0.5, 0.6) is 0 Å². The fourth-order valence-corrected chi connectivity index (χ4v) is 5.56. The van der Waals surface area contributed by atoms with E-state index in [4.69, 9.17) is 4.74 Å². The maximum atomic E-state index is 12.7. The summed E-state index contributed by atoms with van der Waals surface area (Å²) in [6.07, 6.45) is 1.92. The highest BCUT2D eigenvalue weighted by Crippen LogP contribution is 2.24. The van der Waals surface area contributed by atoms with Gasteiger partial charge in [-0.2, -0.15) is 0 Å². The summed E-state index contributed by atoms with van der Waals surface area (Å²) in [5.74, 6) is -0.419. The molecule has 0 spiro atoms. The van der Waals surface area contributed by atoms with Crippen molar-refractivity contribution < 1.29 is 9.53 Å². The number of fused-ring (bicyclic) bond motifs is 2. The number of ether oxygens (including phenoxy) is 1. The van der Waals surface area contributed by atoms with E-state index in [-0.39, 0.29) is 11.1 Å². The number of rotatable bonds is 7. The van der Waals surface area contributed by atoms with E-state index < -0.39 is 12.0 Å². The van der Waals surface area contributed by atoms with Gasteiger partial charge in [0.15, 0.2) is 0 Å². The Morgan fingerprint density at radius 3 is 2.17 bits per heavy atom. The summed E-state index contributed by atoms with van der Waals surface area (Å²) in [5.41, 5.74) is -0.141. The molecular weight excluding hydrogens is 408 g/mol. The Morgan fingerprint density at radius 2 is 1.55 bits per heavy atom. The van der Waals surface area contributed by atoms with Crippen LogP contribution in [0.2, 0.25) is 0 Å². The Labute approximate surface area is 174 Å². The number of aromatic nitrogens is 2. The number of carbonyl (C=O) groups excluding carboxylic acids is 1. The Balaban J connectivity index is 1.48. The quantitative estimate of drug-likeness (QED) is 0.329. The average molecular weight is 429 g/mol. The second kappa shape index (κ2) is 8.34. The molecule has 4 rings (SSSR count). The minimum atomic E-state index is -0.649. The van der Waals surface area contributed by atoms with Gasteiger partial charge in [-0.3, -0.25) is 13.5 Å². The van der Waals surface area contributed by atoms with Crippen molar-refractivity contribution in [2.75, 3.05) is 7.11 Å². The number of benzene rings is 2. The molecule has 29 heavy (non-hydrogen) atoms. The van der Waals surface area contributed by atoms with E-state index in [1.54, 1.807) is 10.0 Å². The number of esters is 1. The number of carbonyl (C=O) groups is 1. The molecule has 0 aliphatic carbocycles. The molecule has 4 aromatic rings. The van der Waals surface area contributed by atoms with Crippen molar-refractivity contribution in [2.24, 2.45) is 0 Å². The minimum Gasteiger partial charge on any atom is -0.467 e. The zero-order valence-electron chi connectivity index (χ0n) is 15.9. The van der Waals surface area contributed by atoms with E-state index in [1.165, 1.54) is 34.1 Å². The molecule has 0 bridgehead atoms. The molecule has 6 nitrogen and oxygen atoms in total. The fourth-order valence-electron chi connectivity index (χ4n) is 3.42. The van der Waals surface area contributed by atoms with Crippen molar-refractivity contribution in [2.45, 2.75) is 31.8 Å². The second-order valence-corrected chi connectivity index (χ2v) is 8.83.